The molecule has 3 nitrogen and oxygen atoms in total. The van der Waals surface area contributed by atoms with Gasteiger partial charge in [0.25, 0.3) is 0 Å². The second kappa shape index (κ2) is 5.14. The maximum absolute atomic E-state index is 10.3. The maximum atomic E-state index is 10.3. The SMILES string of the molecule is OC(CCc1ccc2c(c1)CCO2)C1(O)CCCC1. The van der Waals surface area contributed by atoms with Crippen LogP contribution < -0.4 is 4.74 Å². The molecule has 1 aromatic carbocycles. The molecule has 2 aliphatic rings. The summed E-state index contributed by atoms with van der Waals surface area (Å²) < 4.78 is 5.49. The number of fused-ring (bicyclic) bond motifs is 1. The Bertz CT molecular complexity index is 449. The summed E-state index contributed by atoms with van der Waals surface area (Å²) >= 11 is 0. The molecule has 0 aromatic heterocycles. The quantitative estimate of drug-likeness (QED) is 0.874. The van der Waals surface area contributed by atoms with E-state index in [9.17, 15) is 10.2 Å². The highest BCUT2D eigenvalue weighted by molar-refractivity contribution is 5.39. The van der Waals surface area contributed by atoms with Crippen molar-refractivity contribution in [2.75, 3.05) is 6.61 Å². The molecule has 1 heterocycles. The van der Waals surface area contributed by atoms with Crippen molar-refractivity contribution in [2.45, 2.75) is 56.7 Å². The Morgan fingerprint density at radius 2 is 2.05 bits per heavy atom. The number of hydrogen-bond donors (Lipinski definition) is 2. The summed E-state index contributed by atoms with van der Waals surface area (Å²) in [6.07, 6.45) is 5.38. The van der Waals surface area contributed by atoms with Crippen LogP contribution in [0.15, 0.2) is 18.2 Å². The average molecular weight is 262 g/mol. The number of aryl methyl sites for hydroxylation is 1. The van der Waals surface area contributed by atoms with Gasteiger partial charge in [-0.1, -0.05) is 25.0 Å². The van der Waals surface area contributed by atoms with Crippen molar-refractivity contribution in [3.8, 4) is 5.75 Å². The minimum absolute atomic E-state index is 0.598. The predicted octanol–water partition coefficient (Wildman–Crippen LogP) is 2.22. The lowest BCUT2D eigenvalue weighted by Gasteiger charge is -2.28. The summed E-state index contributed by atoms with van der Waals surface area (Å²) in [6, 6.07) is 6.26. The molecular formula is C16H22O3. The van der Waals surface area contributed by atoms with E-state index in [4.69, 9.17) is 4.74 Å². The lowest BCUT2D eigenvalue weighted by atomic mass is 9.90. The molecule has 1 aromatic rings. The van der Waals surface area contributed by atoms with Gasteiger partial charge in [0.15, 0.2) is 0 Å². The maximum Gasteiger partial charge on any atom is 0.122 e. The molecule has 1 saturated carbocycles. The number of benzene rings is 1. The van der Waals surface area contributed by atoms with Gasteiger partial charge in [0.1, 0.15) is 5.75 Å². The molecule has 104 valence electrons. The van der Waals surface area contributed by atoms with Crippen LogP contribution in [0, 0.1) is 0 Å². The molecule has 0 bridgehead atoms. The average Bonchev–Trinajstić information content (AvgIpc) is 3.04. The van der Waals surface area contributed by atoms with Crippen LogP contribution in [-0.2, 0) is 12.8 Å². The topological polar surface area (TPSA) is 49.7 Å². The van der Waals surface area contributed by atoms with Crippen LogP contribution in [0.1, 0.15) is 43.2 Å². The van der Waals surface area contributed by atoms with E-state index >= 15 is 0 Å². The van der Waals surface area contributed by atoms with Gasteiger partial charge in [0.2, 0.25) is 0 Å². The van der Waals surface area contributed by atoms with Crippen LogP contribution >= 0.6 is 0 Å². The Kier molecular flexibility index (Phi) is 3.50. The smallest absolute Gasteiger partial charge is 0.122 e. The zero-order valence-electron chi connectivity index (χ0n) is 11.3. The molecule has 0 radical (unpaired) electrons. The fourth-order valence-corrected chi connectivity index (χ4v) is 3.29. The van der Waals surface area contributed by atoms with Gasteiger partial charge >= 0.3 is 0 Å². The first-order chi connectivity index (χ1) is 9.17. The molecule has 19 heavy (non-hydrogen) atoms. The van der Waals surface area contributed by atoms with Crippen molar-refractivity contribution in [3.05, 3.63) is 29.3 Å². The first-order valence-electron chi connectivity index (χ1n) is 7.32. The Morgan fingerprint density at radius 3 is 2.84 bits per heavy atom. The first kappa shape index (κ1) is 12.9. The molecule has 3 heteroatoms. The lowest BCUT2D eigenvalue weighted by Crippen LogP contribution is -2.39. The first-order valence-corrected chi connectivity index (χ1v) is 7.32. The standard InChI is InChI=1S/C16H22O3/c17-15(16(18)8-1-2-9-16)6-4-12-3-5-14-13(11-12)7-10-19-14/h3,5,11,15,17-18H,1-2,4,6-10H2. The molecule has 0 spiro atoms. The van der Waals surface area contributed by atoms with Gasteiger partial charge in [-0.3, -0.25) is 0 Å². The highest BCUT2D eigenvalue weighted by atomic mass is 16.5. The van der Waals surface area contributed by atoms with Crippen LogP contribution in [0.25, 0.3) is 0 Å². The van der Waals surface area contributed by atoms with Crippen molar-refractivity contribution in [3.63, 3.8) is 0 Å². The van der Waals surface area contributed by atoms with E-state index in [1.165, 1.54) is 11.1 Å². The molecule has 1 aliphatic heterocycles. The van der Waals surface area contributed by atoms with E-state index in [0.717, 1.165) is 50.9 Å². The number of ether oxygens (including phenoxy) is 1. The molecule has 2 N–H and O–H groups in total. The lowest BCUT2D eigenvalue weighted by molar-refractivity contribution is -0.0726. The van der Waals surface area contributed by atoms with E-state index in [-0.39, 0.29) is 0 Å². The van der Waals surface area contributed by atoms with E-state index in [1.807, 2.05) is 6.07 Å². The monoisotopic (exact) mass is 262 g/mol. The zero-order valence-corrected chi connectivity index (χ0v) is 11.3. The fraction of sp³-hybridized carbons (Fsp3) is 0.625. The summed E-state index contributed by atoms with van der Waals surface area (Å²) in [5.41, 5.74) is 1.66. The van der Waals surface area contributed by atoms with E-state index < -0.39 is 11.7 Å². The minimum Gasteiger partial charge on any atom is -0.493 e. The Hall–Kier alpha value is -1.06. The molecule has 1 fully saturated rings. The van der Waals surface area contributed by atoms with Crippen molar-refractivity contribution in [2.24, 2.45) is 0 Å². The van der Waals surface area contributed by atoms with Gasteiger partial charge in [0, 0.05) is 6.42 Å². The summed E-state index contributed by atoms with van der Waals surface area (Å²) in [5, 5.41) is 20.5. The fourth-order valence-electron chi connectivity index (χ4n) is 3.29. The van der Waals surface area contributed by atoms with Crippen molar-refractivity contribution in [1.29, 1.82) is 0 Å². The molecule has 0 saturated heterocycles. The second-order valence-electron chi connectivity index (χ2n) is 5.91. The number of rotatable bonds is 4. The summed E-state index contributed by atoms with van der Waals surface area (Å²) in [6.45, 7) is 0.779. The second-order valence-corrected chi connectivity index (χ2v) is 5.91. The molecular weight excluding hydrogens is 240 g/mol. The van der Waals surface area contributed by atoms with Gasteiger partial charge in [-0.2, -0.15) is 0 Å². The van der Waals surface area contributed by atoms with Crippen molar-refractivity contribution >= 4 is 0 Å². The van der Waals surface area contributed by atoms with Gasteiger partial charge < -0.3 is 14.9 Å². The molecule has 1 aliphatic carbocycles. The third-order valence-corrected chi connectivity index (χ3v) is 4.55. The third kappa shape index (κ3) is 2.63. The zero-order chi connectivity index (χ0) is 13.3. The van der Waals surface area contributed by atoms with Gasteiger partial charge in [-0.05, 0) is 42.9 Å². The molecule has 3 rings (SSSR count). The predicted molar refractivity (Wildman–Crippen MR) is 73.4 cm³/mol. The Balaban J connectivity index is 1.60. The van der Waals surface area contributed by atoms with E-state index in [1.54, 1.807) is 0 Å². The van der Waals surface area contributed by atoms with E-state index in [2.05, 4.69) is 12.1 Å². The minimum atomic E-state index is -0.833. The van der Waals surface area contributed by atoms with Gasteiger partial charge in [0.05, 0.1) is 18.3 Å². The summed E-state index contributed by atoms with van der Waals surface area (Å²) in [7, 11) is 0. The number of aliphatic hydroxyl groups excluding tert-OH is 1. The van der Waals surface area contributed by atoms with Crippen LogP contribution in [0.5, 0.6) is 5.75 Å². The van der Waals surface area contributed by atoms with Crippen LogP contribution in [-0.4, -0.2) is 28.5 Å². The van der Waals surface area contributed by atoms with Gasteiger partial charge in [-0.25, -0.2) is 0 Å². The van der Waals surface area contributed by atoms with Crippen LogP contribution in [0.3, 0.4) is 0 Å². The molecule has 1 atom stereocenters. The van der Waals surface area contributed by atoms with E-state index in [0.29, 0.717) is 6.42 Å². The highest BCUT2D eigenvalue weighted by Crippen LogP contribution is 2.34. The molecule has 0 amide bonds. The third-order valence-electron chi connectivity index (χ3n) is 4.55. The van der Waals surface area contributed by atoms with Crippen molar-refractivity contribution < 1.29 is 14.9 Å². The van der Waals surface area contributed by atoms with Crippen molar-refractivity contribution in [1.82, 2.24) is 0 Å². The summed E-state index contributed by atoms with van der Waals surface area (Å²) in [5.74, 6) is 0.999. The normalized spacial score (nSPS) is 22.0. The summed E-state index contributed by atoms with van der Waals surface area (Å²) in [4.78, 5) is 0. The van der Waals surface area contributed by atoms with Crippen LogP contribution in [0.4, 0.5) is 0 Å². The van der Waals surface area contributed by atoms with Crippen LogP contribution in [0.2, 0.25) is 0 Å². The molecule has 1 unspecified atom stereocenters. The number of aliphatic hydroxyl groups is 2. The largest absolute Gasteiger partial charge is 0.493 e. The Labute approximate surface area is 114 Å². The Morgan fingerprint density at radius 1 is 1.26 bits per heavy atom. The highest BCUT2D eigenvalue weighted by Gasteiger charge is 2.37. The number of hydrogen-bond acceptors (Lipinski definition) is 3. The van der Waals surface area contributed by atoms with Gasteiger partial charge in [-0.15, -0.1) is 0 Å².